The number of alkyl carbamates (subject to hydrolysis) is 1. The molecule has 2 rings (SSSR count). The highest BCUT2D eigenvalue weighted by Gasteiger charge is 2.12. The summed E-state index contributed by atoms with van der Waals surface area (Å²) in [7, 11) is 0. The molecule has 2 aromatic carbocycles. The van der Waals surface area contributed by atoms with Crippen molar-refractivity contribution in [2.24, 2.45) is 0 Å². The number of nitro groups is 1. The first-order chi connectivity index (χ1) is 12.1. The molecule has 2 aromatic rings. The summed E-state index contributed by atoms with van der Waals surface area (Å²) in [6.07, 6.45) is -0.194. The maximum atomic E-state index is 11.5. The first kappa shape index (κ1) is 17.7. The fourth-order valence-corrected chi connectivity index (χ4v) is 1.92. The molecule has 7 nitrogen and oxygen atoms in total. The zero-order chi connectivity index (χ0) is 18.1. The van der Waals surface area contributed by atoms with Gasteiger partial charge < -0.3 is 10.1 Å². The van der Waals surface area contributed by atoms with Crippen LogP contribution in [0.15, 0.2) is 48.5 Å². The molecule has 1 N–H and O–H groups in total. The van der Waals surface area contributed by atoms with Crippen LogP contribution in [0.5, 0.6) is 0 Å². The molecule has 1 amide bonds. The van der Waals surface area contributed by atoms with Gasteiger partial charge in [-0.3, -0.25) is 14.9 Å². The molecule has 0 saturated heterocycles. The van der Waals surface area contributed by atoms with Gasteiger partial charge in [-0.25, -0.2) is 4.79 Å². The Kier molecular flexibility index (Phi) is 6.25. The summed E-state index contributed by atoms with van der Waals surface area (Å²) in [6, 6.07) is 13.3. The van der Waals surface area contributed by atoms with Crippen molar-refractivity contribution >= 4 is 18.1 Å². The molecule has 25 heavy (non-hydrogen) atoms. The number of carbonyl (C=O) groups is 2. The monoisotopic (exact) mass is 338 g/mol. The van der Waals surface area contributed by atoms with Crippen molar-refractivity contribution in [3.8, 4) is 11.8 Å². The van der Waals surface area contributed by atoms with Crippen LogP contribution in [0.1, 0.15) is 21.5 Å². The number of ether oxygens (including phenoxy) is 1. The van der Waals surface area contributed by atoms with E-state index >= 15 is 0 Å². The van der Waals surface area contributed by atoms with Gasteiger partial charge in [0.05, 0.1) is 17.0 Å². The van der Waals surface area contributed by atoms with E-state index in [1.165, 1.54) is 18.2 Å². The van der Waals surface area contributed by atoms with Crippen molar-refractivity contribution in [1.29, 1.82) is 0 Å². The van der Waals surface area contributed by atoms with E-state index < -0.39 is 11.0 Å². The van der Waals surface area contributed by atoms with Crippen LogP contribution in [0.3, 0.4) is 0 Å². The molecule has 0 saturated carbocycles. The fourth-order valence-electron chi connectivity index (χ4n) is 1.92. The Bertz CT molecular complexity index is 838. The summed E-state index contributed by atoms with van der Waals surface area (Å²) in [6.45, 7) is 0.177. The normalized spacial score (nSPS) is 9.44. The van der Waals surface area contributed by atoms with E-state index in [2.05, 4.69) is 17.2 Å². The number of nitrogens with one attached hydrogen (secondary N) is 1. The zero-order valence-corrected chi connectivity index (χ0v) is 13.1. The SMILES string of the molecule is O=Cc1ccc(C#CCNC(=O)OCc2ccccc2)cc1[N+](=O)[O-]. The molecule has 0 radical (unpaired) electrons. The quantitative estimate of drug-likeness (QED) is 0.391. The van der Waals surface area contributed by atoms with Gasteiger partial charge in [0.1, 0.15) is 6.61 Å². The van der Waals surface area contributed by atoms with Crippen LogP contribution in [-0.2, 0) is 11.3 Å². The molecule has 0 unspecified atom stereocenters. The van der Waals surface area contributed by atoms with E-state index in [1.807, 2.05) is 30.3 Å². The van der Waals surface area contributed by atoms with Gasteiger partial charge in [0, 0.05) is 11.6 Å². The Morgan fingerprint density at radius 1 is 1.24 bits per heavy atom. The average Bonchev–Trinajstić information content (AvgIpc) is 2.64. The van der Waals surface area contributed by atoms with Gasteiger partial charge in [-0.05, 0) is 17.7 Å². The molecule has 0 aliphatic heterocycles. The maximum Gasteiger partial charge on any atom is 0.408 e. The van der Waals surface area contributed by atoms with Crippen molar-refractivity contribution in [2.45, 2.75) is 6.61 Å². The van der Waals surface area contributed by atoms with Crippen LogP contribution >= 0.6 is 0 Å². The third-order valence-corrected chi connectivity index (χ3v) is 3.12. The number of amides is 1. The standard InChI is InChI=1S/C18H14N2O5/c21-12-16-9-8-14(11-17(16)20(23)24)7-4-10-19-18(22)25-13-15-5-2-1-3-6-15/h1-3,5-6,8-9,11-12H,10,13H2,(H,19,22). The van der Waals surface area contributed by atoms with Crippen LogP contribution in [-0.4, -0.2) is 23.8 Å². The van der Waals surface area contributed by atoms with E-state index in [0.717, 1.165) is 5.56 Å². The second-order valence-corrected chi connectivity index (χ2v) is 4.87. The van der Waals surface area contributed by atoms with Gasteiger partial charge in [-0.15, -0.1) is 0 Å². The minimum atomic E-state index is -0.645. The molecule has 0 heterocycles. The van der Waals surface area contributed by atoms with Crippen molar-refractivity contribution in [3.05, 3.63) is 75.3 Å². The lowest BCUT2D eigenvalue weighted by Crippen LogP contribution is -2.24. The first-order valence-electron chi connectivity index (χ1n) is 7.27. The molecule has 0 fully saturated rings. The summed E-state index contributed by atoms with van der Waals surface area (Å²) in [5.41, 5.74) is 0.915. The fraction of sp³-hybridized carbons (Fsp3) is 0.111. The van der Waals surface area contributed by atoms with E-state index in [4.69, 9.17) is 4.74 Å². The molecular weight excluding hydrogens is 324 g/mol. The first-order valence-corrected chi connectivity index (χ1v) is 7.27. The van der Waals surface area contributed by atoms with E-state index in [9.17, 15) is 19.7 Å². The Morgan fingerprint density at radius 3 is 2.68 bits per heavy atom. The van der Waals surface area contributed by atoms with Crippen LogP contribution < -0.4 is 5.32 Å². The summed E-state index contributed by atoms with van der Waals surface area (Å²) < 4.78 is 5.02. The van der Waals surface area contributed by atoms with Gasteiger partial charge in [-0.2, -0.15) is 0 Å². The highest BCUT2D eigenvalue weighted by atomic mass is 16.6. The highest BCUT2D eigenvalue weighted by Crippen LogP contribution is 2.18. The number of aldehydes is 1. The number of hydrogen-bond acceptors (Lipinski definition) is 5. The molecule has 126 valence electrons. The summed E-state index contributed by atoms with van der Waals surface area (Å²) >= 11 is 0. The predicted octanol–water partition coefficient (Wildman–Crippen LogP) is 2.69. The minimum Gasteiger partial charge on any atom is -0.445 e. The molecule has 0 aliphatic rings. The lowest BCUT2D eigenvalue weighted by molar-refractivity contribution is -0.385. The lowest BCUT2D eigenvalue weighted by Gasteiger charge is -2.04. The van der Waals surface area contributed by atoms with Gasteiger partial charge in [0.25, 0.3) is 5.69 Å². The number of benzene rings is 2. The summed E-state index contributed by atoms with van der Waals surface area (Å²) in [4.78, 5) is 32.5. The van der Waals surface area contributed by atoms with Crippen molar-refractivity contribution < 1.29 is 19.2 Å². The van der Waals surface area contributed by atoms with Gasteiger partial charge in [0.2, 0.25) is 0 Å². The molecule has 0 atom stereocenters. The van der Waals surface area contributed by atoms with Crippen LogP contribution in [0, 0.1) is 22.0 Å². The number of nitro benzene ring substituents is 1. The Labute approximate surface area is 143 Å². The summed E-state index contributed by atoms with van der Waals surface area (Å²) in [5.74, 6) is 5.34. The predicted molar refractivity (Wildman–Crippen MR) is 90.0 cm³/mol. The van der Waals surface area contributed by atoms with Crippen molar-refractivity contribution in [3.63, 3.8) is 0 Å². The average molecular weight is 338 g/mol. The van der Waals surface area contributed by atoms with Crippen molar-refractivity contribution in [1.82, 2.24) is 5.32 Å². The Morgan fingerprint density at radius 2 is 2.00 bits per heavy atom. The molecule has 0 spiro atoms. The second-order valence-electron chi connectivity index (χ2n) is 4.87. The lowest BCUT2D eigenvalue weighted by atomic mass is 10.1. The highest BCUT2D eigenvalue weighted by molar-refractivity contribution is 5.81. The Balaban J connectivity index is 1.86. The zero-order valence-electron chi connectivity index (χ0n) is 13.1. The van der Waals surface area contributed by atoms with Crippen LogP contribution in [0.4, 0.5) is 10.5 Å². The third kappa shape index (κ3) is 5.48. The molecule has 7 heteroatoms. The number of rotatable bonds is 5. The van der Waals surface area contributed by atoms with E-state index in [0.29, 0.717) is 11.8 Å². The van der Waals surface area contributed by atoms with E-state index in [-0.39, 0.29) is 24.4 Å². The molecule has 0 aromatic heterocycles. The number of hydrogen-bond donors (Lipinski definition) is 1. The third-order valence-electron chi connectivity index (χ3n) is 3.12. The van der Waals surface area contributed by atoms with Gasteiger partial charge >= 0.3 is 6.09 Å². The smallest absolute Gasteiger partial charge is 0.408 e. The number of nitrogens with zero attached hydrogens (tertiary/aromatic N) is 1. The van der Waals surface area contributed by atoms with Gasteiger partial charge in [0.15, 0.2) is 6.29 Å². The van der Waals surface area contributed by atoms with Crippen LogP contribution in [0.2, 0.25) is 0 Å². The molecular formula is C18H14N2O5. The second kappa shape index (κ2) is 8.84. The van der Waals surface area contributed by atoms with Crippen molar-refractivity contribution in [2.75, 3.05) is 6.54 Å². The topological polar surface area (TPSA) is 98.5 Å². The minimum absolute atomic E-state index is 0.0156. The van der Waals surface area contributed by atoms with Crippen LogP contribution in [0.25, 0.3) is 0 Å². The molecule has 0 bridgehead atoms. The number of carbonyl (C=O) groups excluding carboxylic acids is 2. The Hall–Kier alpha value is -3.66. The maximum absolute atomic E-state index is 11.5. The molecule has 0 aliphatic carbocycles. The van der Waals surface area contributed by atoms with E-state index in [1.54, 1.807) is 0 Å². The van der Waals surface area contributed by atoms with Gasteiger partial charge in [-0.1, -0.05) is 42.2 Å². The largest absolute Gasteiger partial charge is 0.445 e. The summed E-state index contributed by atoms with van der Waals surface area (Å²) in [5, 5.41) is 13.3.